The summed E-state index contributed by atoms with van der Waals surface area (Å²) in [5.74, 6) is 6.11. The van der Waals surface area contributed by atoms with Crippen molar-refractivity contribution in [1.82, 2.24) is 0 Å². The fourth-order valence-corrected chi connectivity index (χ4v) is 6.66. The molecule has 0 aromatic carbocycles. The Morgan fingerprint density at radius 2 is 1.14 bits per heavy atom. The summed E-state index contributed by atoms with van der Waals surface area (Å²) >= 11 is 0. The molecule has 3 saturated carbocycles. The van der Waals surface area contributed by atoms with Gasteiger partial charge in [-0.2, -0.15) is 0 Å². The summed E-state index contributed by atoms with van der Waals surface area (Å²) < 4.78 is 0. The van der Waals surface area contributed by atoms with Crippen molar-refractivity contribution in [2.75, 3.05) is 0 Å². The van der Waals surface area contributed by atoms with E-state index in [2.05, 4.69) is 31.7 Å². The van der Waals surface area contributed by atoms with E-state index in [0.717, 1.165) is 35.5 Å². The first-order chi connectivity index (χ1) is 13.8. The lowest BCUT2D eigenvalue weighted by Crippen LogP contribution is -2.25. The molecule has 3 fully saturated rings. The summed E-state index contributed by atoms with van der Waals surface area (Å²) in [6.07, 6.45) is 32.1. The molecule has 0 amide bonds. The number of allylic oxidation sites excluding steroid dienone is 3. The zero-order valence-electron chi connectivity index (χ0n) is 18.9. The van der Waals surface area contributed by atoms with Crippen LogP contribution in [0, 0.1) is 35.5 Å². The SMILES string of the molecule is C=CCC[C@H]1CC[C@H](CC/C=C/C2CCC([C@H]3CC[C@H](CC)CC3)CC2)CC1. The Balaban J connectivity index is 1.25. The molecule has 0 nitrogen and oxygen atoms in total. The summed E-state index contributed by atoms with van der Waals surface area (Å²) in [5, 5.41) is 0. The van der Waals surface area contributed by atoms with Gasteiger partial charge in [-0.05, 0) is 99.7 Å². The van der Waals surface area contributed by atoms with Crippen LogP contribution in [0.2, 0.25) is 0 Å². The van der Waals surface area contributed by atoms with Crippen LogP contribution in [0.4, 0.5) is 0 Å². The minimum Gasteiger partial charge on any atom is -0.103 e. The van der Waals surface area contributed by atoms with Crippen LogP contribution in [0.3, 0.4) is 0 Å². The summed E-state index contributed by atoms with van der Waals surface area (Å²) in [4.78, 5) is 0. The average molecular weight is 385 g/mol. The highest BCUT2D eigenvalue weighted by Crippen LogP contribution is 2.42. The molecule has 0 aliphatic heterocycles. The molecule has 0 unspecified atom stereocenters. The van der Waals surface area contributed by atoms with Gasteiger partial charge in [0.05, 0.1) is 0 Å². The molecule has 0 radical (unpaired) electrons. The second-order valence-corrected chi connectivity index (χ2v) is 10.6. The van der Waals surface area contributed by atoms with Crippen LogP contribution < -0.4 is 0 Å². The van der Waals surface area contributed by atoms with Crippen molar-refractivity contribution >= 4 is 0 Å². The highest BCUT2D eigenvalue weighted by Gasteiger charge is 2.29. The highest BCUT2D eigenvalue weighted by molar-refractivity contribution is 4.93. The maximum atomic E-state index is 3.87. The fourth-order valence-electron chi connectivity index (χ4n) is 6.66. The summed E-state index contributed by atoms with van der Waals surface area (Å²) in [7, 11) is 0. The van der Waals surface area contributed by atoms with Gasteiger partial charge in [-0.25, -0.2) is 0 Å². The predicted molar refractivity (Wildman–Crippen MR) is 124 cm³/mol. The lowest BCUT2D eigenvalue weighted by Gasteiger charge is -2.37. The van der Waals surface area contributed by atoms with Crippen LogP contribution in [0.15, 0.2) is 24.8 Å². The van der Waals surface area contributed by atoms with E-state index in [1.165, 1.54) is 96.3 Å². The van der Waals surface area contributed by atoms with E-state index in [1.54, 1.807) is 12.8 Å². The zero-order valence-corrected chi connectivity index (χ0v) is 18.9. The predicted octanol–water partition coefficient (Wildman–Crippen LogP) is 9.12. The van der Waals surface area contributed by atoms with Gasteiger partial charge in [0.1, 0.15) is 0 Å². The summed E-state index contributed by atoms with van der Waals surface area (Å²) in [5.41, 5.74) is 0. The van der Waals surface area contributed by atoms with Gasteiger partial charge in [0.2, 0.25) is 0 Å². The zero-order chi connectivity index (χ0) is 19.6. The molecule has 0 spiro atoms. The van der Waals surface area contributed by atoms with Gasteiger partial charge in [-0.1, -0.05) is 70.1 Å². The molecule has 0 N–H and O–H groups in total. The Kier molecular flexibility index (Phi) is 9.69. The smallest absolute Gasteiger partial charge is 0.0233 e. The van der Waals surface area contributed by atoms with E-state index in [9.17, 15) is 0 Å². The average Bonchev–Trinajstić information content (AvgIpc) is 2.76. The van der Waals surface area contributed by atoms with Crippen LogP contribution in [0.25, 0.3) is 0 Å². The maximum Gasteiger partial charge on any atom is -0.0233 e. The summed E-state index contributed by atoms with van der Waals surface area (Å²) in [6.45, 7) is 6.26. The van der Waals surface area contributed by atoms with Crippen LogP contribution in [0.5, 0.6) is 0 Å². The minimum absolute atomic E-state index is 0.901. The number of hydrogen-bond acceptors (Lipinski definition) is 0. The van der Waals surface area contributed by atoms with Crippen molar-refractivity contribution in [2.45, 2.75) is 116 Å². The molecular weight excluding hydrogens is 336 g/mol. The first kappa shape index (κ1) is 22.2. The molecule has 0 aromatic heterocycles. The largest absolute Gasteiger partial charge is 0.103 e. The lowest BCUT2D eigenvalue weighted by atomic mass is 9.69. The van der Waals surface area contributed by atoms with E-state index in [0.29, 0.717) is 0 Å². The topological polar surface area (TPSA) is 0 Å². The molecule has 28 heavy (non-hydrogen) atoms. The third kappa shape index (κ3) is 7.07. The standard InChI is InChI=1S/C28H48/c1-3-5-8-24-11-13-25(14-12-24)9-6-7-10-26-17-21-28(22-18-26)27-19-15-23(4-2)16-20-27/h3,7,10,23-28H,1,4-6,8-9,11-22H2,2H3/b10-7+/t23-,24-,25-,26?,27-,28?. The number of hydrogen-bond donors (Lipinski definition) is 0. The van der Waals surface area contributed by atoms with Gasteiger partial charge in [-0.15, -0.1) is 6.58 Å². The molecule has 0 atom stereocenters. The van der Waals surface area contributed by atoms with Crippen LogP contribution in [-0.4, -0.2) is 0 Å². The first-order valence-electron chi connectivity index (χ1n) is 13.1. The van der Waals surface area contributed by atoms with Crippen LogP contribution in [-0.2, 0) is 0 Å². The summed E-state index contributed by atoms with van der Waals surface area (Å²) in [6, 6.07) is 0. The van der Waals surface area contributed by atoms with E-state index in [-0.39, 0.29) is 0 Å². The van der Waals surface area contributed by atoms with Gasteiger partial charge < -0.3 is 0 Å². The van der Waals surface area contributed by atoms with Gasteiger partial charge in [0, 0.05) is 0 Å². The third-order valence-electron chi connectivity index (χ3n) is 8.85. The normalized spacial score (nSPS) is 37.2. The third-order valence-corrected chi connectivity index (χ3v) is 8.85. The Morgan fingerprint density at radius 3 is 1.68 bits per heavy atom. The molecule has 160 valence electrons. The molecule has 3 rings (SSSR count). The van der Waals surface area contributed by atoms with Crippen molar-refractivity contribution in [3.05, 3.63) is 24.8 Å². The van der Waals surface area contributed by atoms with Crippen molar-refractivity contribution in [3.8, 4) is 0 Å². The van der Waals surface area contributed by atoms with E-state index >= 15 is 0 Å². The van der Waals surface area contributed by atoms with Crippen molar-refractivity contribution in [1.29, 1.82) is 0 Å². The van der Waals surface area contributed by atoms with Gasteiger partial charge >= 0.3 is 0 Å². The second kappa shape index (κ2) is 12.2. The van der Waals surface area contributed by atoms with Gasteiger partial charge in [0.15, 0.2) is 0 Å². The van der Waals surface area contributed by atoms with Crippen molar-refractivity contribution in [2.24, 2.45) is 35.5 Å². The fraction of sp³-hybridized carbons (Fsp3) is 0.857. The molecule has 0 saturated heterocycles. The Bertz CT molecular complexity index is 437. The number of rotatable bonds is 9. The molecule has 0 aromatic rings. The van der Waals surface area contributed by atoms with Gasteiger partial charge in [0.25, 0.3) is 0 Å². The van der Waals surface area contributed by atoms with Crippen molar-refractivity contribution in [3.63, 3.8) is 0 Å². The van der Waals surface area contributed by atoms with E-state index in [4.69, 9.17) is 0 Å². The van der Waals surface area contributed by atoms with E-state index in [1.807, 2.05) is 0 Å². The second-order valence-electron chi connectivity index (χ2n) is 10.6. The molecule has 0 bridgehead atoms. The van der Waals surface area contributed by atoms with Gasteiger partial charge in [-0.3, -0.25) is 0 Å². The molecular formula is C28H48. The highest BCUT2D eigenvalue weighted by atomic mass is 14.3. The van der Waals surface area contributed by atoms with Crippen molar-refractivity contribution < 1.29 is 0 Å². The molecule has 0 heteroatoms. The quantitative estimate of drug-likeness (QED) is 0.348. The van der Waals surface area contributed by atoms with Crippen LogP contribution in [0.1, 0.15) is 116 Å². The Hall–Kier alpha value is -0.520. The molecule has 0 heterocycles. The monoisotopic (exact) mass is 384 g/mol. The molecule has 3 aliphatic carbocycles. The Morgan fingerprint density at radius 1 is 0.643 bits per heavy atom. The van der Waals surface area contributed by atoms with Crippen LogP contribution >= 0.6 is 0 Å². The first-order valence-corrected chi connectivity index (χ1v) is 13.1. The minimum atomic E-state index is 0.901. The lowest BCUT2D eigenvalue weighted by molar-refractivity contribution is 0.154. The Labute approximate surface area is 176 Å². The van der Waals surface area contributed by atoms with E-state index < -0.39 is 0 Å². The maximum absolute atomic E-state index is 3.87. The molecule has 3 aliphatic rings.